The van der Waals surface area contributed by atoms with Gasteiger partial charge in [0.25, 0.3) is 0 Å². The Labute approximate surface area is 96.8 Å². The second-order valence-electron chi connectivity index (χ2n) is 4.77. The Morgan fingerprint density at radius 2 is 2.19 bits per heavy atom. The normalized spacial score (nSPS) is 16.4. The van der Waals surface area contributed by atoms with Gasteiger partial charge in [-0.05, 0) is 18.8 Å². The first kappa shape index (κ1) is 11.3. The van der Waals surface area contributed by atoms with Gasteiger partial charge in [-0.2, -0.15) is 5.10 Å². The lowest BCUT2D eigenvalue weighted by Gasteiger charge is -2.13. The van der Waals surface area contributed by atoms with Crippen LogP contribution >= 0.6 is 0 Å². The van der Waals surface area contributed by atoms with Gasteiger partial charge in [0.2, 0.25) is 0 Å². The standard InChI is InChI=1S/C12H20N4/c1-10(2)8-16-12(14-9-15-16)7-13-11-5-3-4-6-11/h3-4,9-11,13H,5-8H2,1-2H3. The summed E-state index contributed by atoms with van der Waals surface area (Å²) in [4.78, 5) is 4.30. The fraction of sp³-hybridized carbons (Fsp3) is 0.667. The molecule has 16 heavy (non-hydrogen) atoms. The van der Waals surface area contributed by atoms with Gasteiger partial charge in [0.1, 0.15) is 12.2 Å². The highest BCUT2D eigenvalue weighted by molar-refractivity contribution is 4.98. The van der Waals surface area contributed by atoms with Crippen LogP contribution < -0.4 is 5.32 Å². The summed E-state index contributed by atoms with van der Waals surface area (Å²) < 4.78 is 2.00. The topological polar surface area (TPSA) is 42.7 Å². The fourth-order valence-corrected chi connectivity index (χ4v) is 1.94. The average Bonchev–Trinajstić information content (AvgIpc) is 2.84. The number of rotatable bonds is 5. The van der Waals surface area contributed by atoms with E-state index in [0.717, 1.165) is 31.8 Å². The van der Waals surface area contributed by atoms with Crippen LogP contribution in [0.5, 0.6) is 0 Å². The van der Waals surface area contributed by atoms with Gasteiger partial charge in [0.05, 0.1) is 6.54 Å². The summed E-state index contributed by atoms with van der Waals surface area (Å²) in [6.45, 7) is 6.15. The molecule has 0 saturated heterocycles. The van der Waals surface area contributed by atoms with Crippen LogP contribution in [0.3, 0.4) is 0 Å². The molecule has 4 nitrogen and oxygen atoms in total. The number of aromatic nitrogens is 3. The molecule has 4 heteroatoms. The van der Waals surface area contributed by atoms with Crippen LogP contribution in [-0.2, 0) is 13.1 Å². The van der Waals surface area contributed by atoms with Crippen molar-refractivity contribution in [3.63, 3.8) is 0 Å². The van der Waals surface area contributed by atoms with Crippen LogP contribution in [-0.4, -0.2) is 20.8 Å². The predicted octanol–water partition coefficient (Wildman–Crippen LogP) is 1.74. The third-order valence-electron chi connectivity index (χ3n) is 2.79. The van der Waals surface area contributed by atoms with Crippen LogP contribution in [0.2, 0.25) is 0 Å². The zero-order valence-corrected chi connectivity index (χ0v) is 10.1. The average molecular weight is 220 g/mol. The van der Waals surface area contributed by atoms with E-state index in [1.54, 1.807) is 6.33 Å². The molecule has 0 spiro atoms. The molecule has 0 bridgehead atoms. The van der Waals surface area contributed by atoms with Gasteiger partial charge < -0.3 is 5.32 Å². The lowest BCUT2D eigenvalue weighted by molar-refractivity contribution is 0.445. The first-order chi connectivity index (χ1) is 7.75. The molecule has 1 aromatic heterocycles. The molecule has 0 saturated carbocycles. The molecule has 1 N–H and O–H groups in total. The Balaban J connectivity index is 1.86. The lowest BCUT2D eigenvalue weighted by atomic mass is 10.2. The zero-order valence-electron chi connectivity index (χ0n) is 10.1. The number of hydrogen-bond acceptors (Lipinski definition) is 3. The van der Waals surface area contributed by atoms with Gasteiger partial charge >= 0.3 is 0 Å². The zero-order chi connectivity index (χ0) is 11.4. The fourth-order valence-electron chi connectivity index (χ4n) is 1.94. The number of nitrogens with zero attached hydrogens (tertiary/aromatic N) is 3. The molecule has 0 radical (unpaired) electrons. The third kappa shape index (κ3) is 2.92. The van der Waals surface area contributed by atoms with E-state index in [9.17, 15) is 0 Å². The summed E-state index contributed by atoms with van der Waals surface area (Å²) >= 11 is 0. The van der Waals surface area contributed by atoms with Crippen molar-refractivity contribution in [2.45, 2.75) is 45.8 Å². The first-order valence-electron chi connectivity index (χ1n) is 6.00. The summed E-state index contributed by atoms with van der Waals surface area (Å²) in [7, 11) is 0. The van der Waals surface area contributed by atoms with Crippen LogP contribution in [0, 0.1) is 5.92 Å². The van der Waals surface area contributed by atoms with Crippen molar-refractivity contribution in [3.8, 4) is 0 Å². The summed E-state index contributed by atoms with van der Waals surface area (Å²) in [6, 6.07) is 0.587. The quantitative estimate of drug-likeness (QED) is 0.769. The maximum Gasteiger partial charge on any atom is 0.140 e. The highest BCUT2D eigenvalue weighted by Crippen LogP contribution is 2.10. The predicted molar refractivity (Wildman–Crippen MR) is 63.9 cm³/mol. The van der Waals surface area contributed by atoms with Gasteiger partial charge in [0.15, 0.2) is 0 Å². The molecule has 1 aliphatic rings. The Hall–Kier alpha value is -1.16. The van der Waals surface area contributed by atoms with E-state index in [2.05, 4.69) is 41.4 Å². The Morgan fingerprint density at radius 1 is 1.44 bits per heavy atom. The third-order valence-corrected chi connectivity index (χ3v) is 2.79. The minimum Gasteiger partial charge on any atom is -0.306 e. The Morgan fingerprint density at radius 3 is 2.88 bits per heavy atom. The monoisotopic (exact) mass is 220 g/mol. The molecule has 0 aliphatic heterocycles. The molecule has 0 fully saturated rings. The molecule has 1 heterocycles. The minimum atomic E-state index is 0.587. The highest BCUT2D eigenvalue weighted by Gasteiger charge is 2.11. The Kier molecular flexibility index (Phi) is 3.72. The van der Waals surface area contributed by atoms with E-state index >= 15 is 0 Å². The van der Waals surface area contributed by atoms with E-state index in [-0.39, 0.29) is 0 Å². The van der Waals surface area contributed by atoms with E-state index in [0.29, 0.717) is 12.0 Å². The van der Waals surface area contributed by atoms with Gasteiger partial charge in [0, 0.05) is 12.6 Å². The molecule has 1 aromatic rings. The molecular formula is C12H20N4. The van der Waals surface area contributed by atoms with E-state index in [1.807, 2.05) is 4.68 Å². The maximum absolute atomic E-state index is 4.30. The molecule has 1 aliphatic carbocycles. The van der Waals surface area contributed by atoms with E-state index < -0.39 is 0 Å². The van der Waals surface area contributed by atoms with Crippen LogP contribution in [0.1, 0.15) is 32.5 Å². The highest BCUT2D eigenvalue weighted by atomic mass is 15.3. The molecule has 0 amide bonds. The van der Waals surface area contributed by atoms with Gasteiger partial charge in [-0.25, -0.2) is 9.67 Å². The molecule has 2 rings (SSSR count). The number of nitrogens with one attached hydrogen (secondary N) is 1. The number of hydrogen-bond donors (Lipinski definition) is 1. The molecular weight excluding hydrogens is 200 g/mol. The second-order valence-corrected chi connectivity index (χ2v) is 4.77. The van der Waals surface area contributed by atoms with Crippen molar-refractivity contribution >= 4 is 0 Å². The van der Waals surface area contributed by atoms with Gasteiger partial charge in [-0.3, -0.25) is 0 Å². The summed E-state index contributed by atoms with van der Waals surface area (Å²) in [6.07, 6.45) is 8.38. The Bertz CT molecular complexity index is 346. The van der Waals surface area contributed by atoms with Crippen molar-refractivity contribution in [3.05, 3.63) is 24.3 Å². The van der Waals surface area contributed by atoms with Crippen LogP contribution in [0.4, 0.5) is 0 Å². The summed E-state index contributed by atoms with van der Waals surface area (Å²) in [5.41, 5.74) is 0. The minimum absolute atomic E-state index is 0.587. The van der Waals surface area contributed by atoms with Crippen molar-refractivity contribution in [1.82, 2.24) is 20.1 Å². The maximum atomic E-state index is 4.30. The van der Waals surface area contributed by atoms with Crippen LogP contribution in [0.15, 0.2) is 18.5 Å². The summed E-state index contributed by atoms with van der Waals surface area (Å²) in [5.74, 6) is 1.65. The molecule has 0 unspecified atom stereocenters. The van der Waals surface area contributed by atoms with Gasteiger partial charge in [-0.15, -0.1) is 0 Å². The molecule has 0 atom stereocenters. The van der Waals surface area contributed by atoms with Crippen molar-refractivity contribution in [2.24, 2.45) is 5.92 Å². The van der Waals surface area contributed by atoms with Gasteiger partial charge in [-0.1, -0.05) is 26.0 Å². The molecule has 0 aromatic carbocycles. The van der Waals surface area contributed by atoms with E-state index in [4.69, 9.17) is 0 Å². The lowest BCUT2D eigenvalue weighted by Crippen LogP contribution is -2.27. The van der Waals surface area contributed by atoms with Crippen molar-refractivity contribution in [2.75, 3.05) is 0 Å². The second kappa shape index (κ2) is 5.25. The summed E-state index contributed by atoms with van der Waals surface area (Å²) in [5, 5.41) is 7.76. The van der Waals surface area contributed by atoms with E-state index in [1.165, 1.54) is 0 Å². The van der Waals surface area contributed by atoms with Crippen molar-refractivity contribution < 1.29 is 0 Å². The van der Waals surface area contributed by atoms with Crippen LogP contribution in [0.25, 0.3) is 0 Å². The smallest absolute Gasteiger partial charge is 0.140 e. The molecule has 88 valence electrons. The van der Waals surface area contributed by atoms with Crippen molar-refractivity contribution in [1.29, 1.82) is 0 Å². The first-order valence-corrected chi connectivity index (χ1v) is 6.00. The largest absolute Gasteiger partial charge is 0.306 e. The SMILES string of the molecule is CC(C)Cn1ncnc1CNC1CC=CC1.